The van der Waals surface area contributed by atoms with Crippen molar-refractivity contribution in [3.05, 3.63) is 30.5 Å². The molecule has 3 rings (SSSR count). The lowest BCUT2D eigenvalue weighted by Crippen LogP contribution is -2.43. The lowest BCUT2D eigenvalue weighted by atomic mass is 9.86. The predicted octanol–water partition coefficient (Wildman–Crippen LogP) is 4.72. The monoisotopic (exact) mass is 370 g/mol. The van der Waals surface area contributed by atoms with Crippen LogP contribution in [0.5, 0.6) is 0 Å². The van der Waals surface area contributed by atoms with Crippen molar-refractivity contribution in [3.63, 3.8) is 0 Å². The number of nitrogens with zero attached hydrogens (tertiary/aromatic N) is 2. The van der Waals surface area contributed by atoms with Crippen LogP contribution in [0.3, 0.4) is 0 Å². The van der Waals surface area contributed by atoms with Gasteiger partial charge in [-0.3, -0.25) is 4.79 Å². The number of rotatable bonds is 4. The Balaban J connectivity index is 1.74. The Kier molecular flexibility index (Phi) is 5.41. The van der Waals surface area contributed by atoms with Gasteiger partial charge in [0.05, 0.1) is 10.5 Å². The molecule has 0 radical (unpaired) electrons. The van der Waals surface area contributed by atoms with Gasteiger partial charge in [0.25, 0.3) is 0 Å². The molecule has 1 aromatic heterocycles. The number of thioether (sulfide) groups is 1. The van der Waals surface area contributed by atoms with Crippen molar-refractivity contribution in [3.8, 4) is 0 Å². The van der Waals surface area contributed by atoms with E-state index in [9.17, 15) is 18.0 Å². The van der Waals surface area contributed by atoms with Gasteiger partial charge in [-0.25, -0.2) is 4.98 Å². The van der Waals surface area contributed by atoms with E-state index in [0.29, 0.717) is 23.1 Å². The first-order chi connectivity index (χ1) is 11.9. The molecule has 3 heterocycles. The maximum Gasteiger partial charge on any atom is 0.417 e. The molecule has 7 heteroatoms. The molecule has 0 aromatic carbocycles. The Morgan fingerprint density at radius 2 is 2.24 bits per heavy atom. The first-order valence-electron chi connectivity index (χ1n) is 8.50. The van der Waals surface area contributed by atoms with Gasteiger partial charge in [0, 0.05) is 31.0 Å². The second-order valence-electron chi connectivity index (χ2n) is 6.63. The Morgan fingerprint density at radius 1 is 1.44 bits per heavy atom. The maximum atomic E-state index is 12.9. The van der Waals surface area contributed by atoms with Crippen molar-refractivity contribution in [1.82, 2.24) is 4.98 Å². The fourth-order valence-electron chi connectivity index (χ4n) is 3.62. The molecule has 0 N–H and O–H groups in total. The molecule has 1 unspecified atom stereocenters. The van der Waals surface area contributed by atoms with Crippen LogP contribution in [0.15, 0.2) is 29.8 Å². The van der Waals surface area contributed by atoms with Crippen molar-refractivity contribution < 1.29 is 18.0 Å². The van der Waals surface area contributed by atoms with Crippen LogP contribution in [0.1, 0.15) is 37.7 Å². The van der Waals surface area contributed by atoms with E-state index in [1.807, 2.05) is 0 Å². The molecule has 2 aliphatic heterocycles. The average Bonchev–Trinajstić information content (AvgIpc) is 2.77. The lowest BCUT2D eigenvalue weighted by molar-refractivity contribution is -0.138. The zero-order valence-electron chi connectivity index (χ0n) is 13.9. The lowest BCUT2D eigenvalue weighted by Gasteiger charge is -2.39. The Bertz CT molecular complexity index is 662. The molecule has 1 aromatic rings. The number of hydrogen-bond donors (Lipinski definition) is 0. The van der Waals surface area contributed by atoms with Crippen LogP contribution in [-0.2, 0) is 11.0 Å². The summed E-state index contributed by atoms with van der Waals surface area (Å²) in [5.41, 5.74) is -0.685. The number of piperidine rings is 1. The summed E-state index contributed by atoms with van der Waals surface area (Å²) in [4.78, 5) is 18.4. The zero-order valence-corrected chi connectivity index (χ0v) is 14.7. The normalized spacial score (nSPS) is 23.4. The highest BCUT2D eigenvalue weighted by atomic mass is 32.2. The molecule has 3 nitrogen and oxygen atoms in total. The number of fused-ring (bicyclic) bond motifs is 3. The molecule has 0 aliphatic carbocycles. The van der Waals surface area contributed by atoms with E-state index in [-0.39, 0.29) is 11.8 Å². The van der Waals surface area contributed by atoms with Gasteiger partial charge in [-0.15, -0.1) is 11.8 Å². The second-order valence-corrected chi connectivity index (χ2v) is 7.76. The minimum atomic E-state index is -4.36. The number of anilines is 1. The molecule has 2 aliphatic rings. The standard InChI is InChI=1S/C18H21F3N2OS/c1-2-15(24)4-3-12-5-7-23-14(9-12)6-8-25-16-10-13(18(19,20)21)11-22-17(16)23/h2,10-12,14H,1,3-9H2/t12?,14-/m0/s1. The molecule has 0 saturated carbocycles. The van der Waals surface area contributed by atoms with E-state index in [1.54, 1.807) is 0 Å². The summed E-state index contributed by atoms with van der Waals surface area (Å²) in [6, 6.07) is 1.51. The number of aromatic nitrogens is 1. The Morgan fingerprint density at radius 3 is 2.96 bits per heavy atom. The molecule has 25 heavy (non-hydrogen) atoms. The van der Waals surface area contributed by atoms with Crippen LogP contribution in [0.2, 0.25) is 0 Å². The molecule has 0 amide bonds. The minimum absolute atomic E-state index is 0.0746. The minimum Gasteiger partial charge on any atom is -0.353 e. The van der Waals surface area contributed by atoms with E-state index in [0.717, 1.165) is 44.2 Å². The van der Waals surface area contributed by atoms with Crippen LogP contribution >= 0.6 is 11.8 Å². The highest BCUT2D eigenvalue weighted by molar-refractivity contribution is 7.99. The first kappa shape index (κ1) is 18.3. The van der Waals surface area contributed by atoms with Gasteiger partial charge in [0.1, 0.15) is 5.82 Å². The molecule has 0 bridgehead atoms. The summed E-state index contributed by atoms with van der Waals surface area (Å²) < 4.78 is 38.8. The van der Waals surface area contributed by atoms with E-state index in [1.165, 1.54) is 23.9 Å². The third-order valence-corrected chi connectivity index (χ3v) is 6.04. The fourth-order valence-corrected chi connectivity index (χ4v) is 4.74. The maximum absolute atomic E-state index is 12.9. The number of ketones is 1. The summed E-state index contributed by atoms with van der Waals surface area (Å²) in [6.07, 6.45) is 2.16. The number of carbonyl (C=O) groups excluding carboxylic acids is 1. The second kappa shape index (κ2) is 7.40. The largest absolute Gasteiger partial charge is 0.417 e. The smallest absolute Gasteiger partial charge is 0.353 e. The van der Waals surface area contributed by atoms with Gasteiger partial charge in [0.15, 0.2) is 5.78 Å². The molecule has 1 saturated heterocycles. The SMILES string of the molecule is C=CC(=O)CCC1CCN2c3ncc(C(F)(F)F)cc3SCC[C@H]2C1. The van der Waals surface area contributed by atoms with E-state index >= 15 is 0 Å². The van der Waals surface area contributed by atoms with Crippen molar-refractivity contribution >= 4 is 23.4 Å². The van der Waals surface area contributed by atoms with Gasteiger partial charge in [-0.1, -0.05) is 6.58 Å². The summed E-state index contributed by atoms with van der Waals surface area (Å²) in [5, 5.41) is 0. The molecule has 0 spiro atoms. The fraction of sp³-hybridized carbons (Fsp3) is 0.556. The molecule has 1 fully saturated rings. The quantitative estimate of drug-likeness (QED) is 0.719. The van der Waals surface area contributed by atoms with Crippen LogP contribution < -0.4 is 4.90 Å². The van der Waals surface area contributed by atoms with Crippen LogP contribution in [0, 0.1) is 5.92 Å². The number of hydrogen-bond acceptors (Lipinski definition) is 4. The number of halogens is 3. The summed E-state index contributed by atoms with van der Waals surface area (Å²) >= 11 is 1.46. The van der Waals surface area contributed by atoms with Crippen LogP contribution in [0.4, 0.5) is 19.0 Å². The molecular formula is C18H21F3N2OS. The third kappa shape index (κ3) is 4.19. The van der Waals surface area contributed by atoms with E-state index in [2.05, 4.69) is 16.5 Å². The van der Waals surface area contributed by atoms with E-state index < -0.39 is 11.7 Å². The summed E-state index contributed by atoms with van der Waals surface area (Å²) in [6.45, 7) is 4.28. The van der Waals surface area contributed by atoms with Crippen molar-refractivity contribution in [1.29, 1.82) is 0 Å². The van der Waals surface area contributed by atoms with Gasteiger partial charge >= 0.3 is 6.18 Å². The first-order valence-corrected chi connectivity index (χ1v) is 9.49. The molecule has 2 atom stereocenters. The number of carbonyl (C=O) groups is 1. The number of pyridine rings is 1. The van der Waals surface area contributed by atoms with Gasteiger partial charge in [0.2, 0.25) is 0 Å². The van der Waals surface area contributed by atoms with Crippen LogP contribution in [-0.4, -0.2) is 29.1 Å². The summed E-state index contributed by atoms with van der Waals surface area (Å²) in [7, 11) is 0. The van der Waals surface area contributed by atoms with E-state index in [4.69, 9.17) is 0 Å². The zero-order chi connectivity index (χ0) is 18.0. The van der Waals surface area contributed by atoms with Gasteiger partial charge in [-0.2, -0.15) is 13.2 Å². The highest BCUT2D eigenvalue weighted by Crippen LogP contribution is 2.42. The number of alkyl halides is 3. The Labute approximate surface area is 149 Å². The predicted molar refractivity (Wildman–Crippen MR) is 92.9 cm³/mol. The van der Waals surface area contributed by atoms with Gasteiger partial charge < -0.3 is 4.90 Å². The summed E-state index contributed by atoms with van der Waals surface area (Å²) in [5.74, 6) is 2.02. The molecule has 136 valence electrons. The topological polar surface area (TPSA) is 33.2 Å². The van der Waals surface area contributed by atoms with Crippen molar-refractivity contribution in [2.24, 2.45) is 5.92 Å². The Hall–Kier alpha value is -1.50. The van der Waals surface area contributed by atoms with Crippen LogP contribution in [0.25, 0.3) is 0 Å². The molecular weight excluding hydrogens is 349 g/mol. The van der Waals surface area contributed by atoms with Gasteiger partial charge in [-0.05, 0) is 43.7 Å². The highest BCUT2D eigenvalue weighted by Gasteiger charge is 2.35. The van der Waals surface area contributed by atoms with Crippen molar-refractivity contribution in [2.45, 2.75) is 49.2 Å². The third-order valence-electron chi connectivity index (χ3n) is 4.99. The average molecular weight is 370 g/mol. The number of allylic oxidation sites excluding steroid dienone is 1. The van der Waals surface area contributed by atoms with Crippen molar-refractivity contribution in [2.75, 3.05) is 17.2 Å².